The van der Waals surface area contributed by atoms with Gasteiger partial charge in [0.05, 0.1) is 13.0 Å². The van der Waals surface area contributed by atoms with Crippen LogP contribution in [-0.4, -0.2) is 29.6 Å². The zero-order valence-electron chi connectivity index (χ0n) is 17.4. The lowest BCUT2D eigenvalue weighted by atomic mass is 10.1. The predicted molar refractivity (Wildman–Crippen MR) is 112 cm³/mol. The van der Waals surface area contributed by atoms with E-state index in [1.807, 2.05) is 12.1 Å². The summed E-state index contributed by atoms with van der Waals surface area (Å²) in [5.74, 6) is -0.668. The number of hydroxylamine groups is 1. The first kappa shape index (κ1) is 24.6. The Kier molecular flexibility index (Phi) is 13.2. The highest BCUT2D eigenvalue weighted by molar-refractivity contribution is 5.90. The number of hydrogen-bond acceptors (Lipinski definition) is 5. The van der Waals surface area contributed by atoms with Gasteiger partial charge in [0.1, 0.15) is 0 Å². The van der Waals surface area contributed by atoms with Gasteiger partial charge < -0.3 is 10.1 Å². The van der Waals surface area contributed by atoms with E-state index in [0.717, 1.165) is 50.5 Å². The zero-order valence-corrected chi connectivity index (χ0v) is 17.4. The van der Waals surface area contributed by atoms with Crippen LogP contribution in [0.2, 0.25) is 0 Å². The molecule has 0 saturated carbocycles. The maximum absolute atomic E-state index is 12.0. The first-order valence-corrected chi connectivity index (χ1v) is 10.5. The summed E-state index contributed by atoms with van der Waals surface area (Å²) in [6.45, 7) is 2.62. The molecule has 0 aliphatic carbocycles. The van der Waals surface area contributed by atoms with E-state index in [9.17, 15) is 14.4 Å². The Morgan fingerprint density at radius 1 is 0.862 bits per heavy atom. The van der Waals surface area contributed by atoms with Crippen LogP contribution in [0, 0.1) is 0 Å². The SMILES string of the molecule is CCCCCCOC(=O)Cc1ccc(NC(=O)CCCCCCC(=O)NO)cc1. The van der Waals surface area contributed by atoms with Crippen LogP contribution in [0.15, 0.2) is 24.3 Å². The molecule has 0 unspecified atom stereocenters. The molecule has 0 fully saturated rings. The minimum Gasteiger partial charge on any atom is -0.465 e. The molecule has 1 rings (SSSR count). The lowest BCUT2D eigenvalue weighted by molar-refractivity contribution is -0.143. The van der Waals surface area contributed by atoms with Gasteiger partial charge in [-0.1, -0.05) is 51.2 Å². The molecule has 0 heterocycles. The molecule has 0 spiro atoms. The van der Waals surface area contributed by atoms with Crippen molar-refractivity contribution in [2.75, 3.05) is 11.9 Å². The standard InChI is InChI=1S/C22H34N2O5/c1-2-3-4-9-16-29-22(27)17-18-12-14-19(15-13-18)23-20(25)10-7-5-6-8-11-21(26)24-28/h12-15,28H,2-11,16-17H2,1H3,(H,23,25)(H,24,26). The van der Waals surface area contributed by atoms with E-state index in [-0.39, 0.29) is 24.2 Å². The second kappa shape index (κ2) is 15.5. The number of anilines is 1. The molecule has 0 aliphatic heterocycles. The maximum Gasteiger partial charge on any atom is 0.310 e. The Labute approximate surface area is 173 Å². The third kappa shape index (κ3) is 12.6. The fraction of sp³-hybridized carbons (Fsp3) is 0.591. The maximum atomic E-state index is 12.0. The van der Waals surface area contributed by atoms with Gasteiger partial charge in [-0.15, -0.1) is 0 Å². The van der Waals surface area contributed by atoms with Crippen LogP contribution >= 0.6 is 0 Å². The highest BCUT2D eigenvalue weighted by Gasteiger charge is 2.07. The van der Waals surface area contributed by atoms with Crippen LogP contribution in [0.4, 0.5) is 5.69 Å². The average molecular weight is 407 g/mol. The van der Waals surface area contributed by atoms with E-state index in [1.165, 1.54) is 0 Å². The molecule has 0 aliphatic rings. The molecule has 29 heavy (non-hydrogen) atoms. The quantitative estimate of drug-likeness (QED) is 0.176. The number of unbranched alkanes of at least 4 members (excludes halogenated alkanes) is 6. The topological polar surface area (TPSA) is 105 Å². The Balaban J connectivity index is 2.18. The fourth-order valence-electron chi connectivity index (χ4n) is 2.84. The molecule has 1 aromatic rings. The van der Waals surface area contributed by atoms with E-state index in [4.69, 9.17) is 9.94 Å². The molecule has 7 heteroatoms. The molecule has 0 atom stereocenters. The molecular formula is C22H34N2O5. The van der Waals surface area contributed by atoms with Gasteiger partial charge in [-0.25, -0.2) is 5.48 Å². The van der Waals surface area contributed by atoms with Gasteiger partial charge in [-0.3, -0.25) is 19.6 Å². The normalized spacial score (nSPS) is 10.4. The zero-order chi connectivity index (χ0) is 21.3. The first-order chi connectivity index (χ1) is 14.0. The lowest BCUT2D eigenvalue weighted by Crippen LogP contribution is -2.17. The van der Waals surface area contributed by atoms with Crippen LogP contribution in [0.3, 0.4) is 0 Å². The fourth-order valence-corrected chi connectivity index (χ4v) is 2.84. The number of hydrogen-bond donors (Lipinski definition) is 3. The van der Waals surface area contributed by atoms with E-state index in [0.29, 0.717) is 31.6 Å². The van der Waals surface area contributed by atoms with E-state index in [1.54, 1.807) is 17.6 Å². The van der Waals surface area contributed by atoms with Gasteiger partial charge >= 0.3 is 5.97 Å². The van der Waals surface area contributed by atoms with Gasteiger partial charge in [0, 0.05) is 18.5 Å². The molecule has 0 bridgehead atoms. The van der Waals surface area contributed by atoms with Crippen molar-refractivity contribution >= 4 is 23.5 Å². The molecule has 2 amide bonds. The minimum absolute atomic E-state index is 0.0580. The number of nitrogens with one attached hydrogen (secondary N) is 2. The summed E-state index contributed by atoms with van der Waals surface area (Å²) in [6.07, 6.45) is 8.37. The second-order valence-electron chi connectivity index (χ2n) is 7.15. The van der Waals surface area contributed by atoms with Crippen LogP contribution in [0.1, 0.15) is 76.7 Å². The van der Waals surface area contributed by atoms with Crippen molar-refractivity contribution in [1.29, 1.82) is 0 Å². The number of amides is 2. The lowest BCUT2D eigenvalue weighted by Gasteiger charge is -2.07. The molecular weight excluding hydrogens is 372 g/mol. The van der Waals surface area contributed by atoms with E-state index < -0.39 is 0 Å². The molecule has 7 nitrogen and oxygen atoms in total. The van der Waals surface area contributed by atoms with Crippen molar-refractivity contribution in [3.63, 3.8) is 0 Å². The highest BCUT2D eigenvalue weighted by Crippen LogP contribution is 2.12. The summed E-state index contributed by atoms with van der Waals surface area (Å²) in [7, 11) is 0. The Bertz CT molecular complexity index is 616. The largest absolute Gasteiger partial charge is 0.465 e. The molecule has 0 radical (unpaired) electrons. The second-order valence-corrected chi connectivity index (χ2v) is 7.15. The number of rotatable bonds is 15. The van der Waals surface area contributed by atoms with Crippen LogP contribution < -0.4 is 10.8 Å². The van der Waals surface area contributed by atoms with Gasteiger partial charge in [-0.2, -0.15) is 0 Å². The summed E-state index contributed by atoms with van der Waals surface area (Å²) in [5.41, 5.74) is 3.16. The minimum atomic E-state index is -0.383. The Hall–Kier alpha value is -2.41. The van der Waals surface area contributed by atoms with Gasteiger partial charge in [0.15, 0.2) is 0 Å². The van der Waals surface area contributed by atoms with Crippen LogP contribution in [0.5, 0.6) is 0 Å². The Morgan fingerprint density at radius 2 is 1.48 bits per heavy atom. The Morgan fingerprint density at radius 3 is 2.10 bits per heavy atom. The van der Waals surface area contributed by atoms with Crippen LogP contribution in [-0.2, 0) is 25.5 Å². The molecule has 3 N–H and O–H groups in total. The molecule has 1 aromatic carbocycles. The molecule has 0 aromatic heterocycles. The van der Waals surface area contributed by atoms with Gasteiger partial charge in [0.25, 0.3) is 0 Å². The molecule has 162 valence electrons. The smallest absolute Gasteiger partial charge is 0.310 e. The van der Waals surface area contributed by atoms with Crippen LogP contribution in [0.25, 0.3) is 0 Å². The van der Waals surface area contributed by atoms with Crippen molar-refractivity contribution in [2.45, 2.75) is 77.6 Å². The summed E-state index contributed by atoms with van der Waals surface area (Å²) in [6, 6.07) is 7.21. The number of esters is 1. The first-order valence-electron chi connectivity index (χ1n) is 10.5. The molecule has 0 saturated heterocycles. The summed E-state index contributed by atoms with van der Waals surface area (Å²) < 4.78 is 5.24. The summed E-state index contributed by atoms with van der Waals surface area (Å²) in [5, 5.41) is 11.2. The van der Waals surface area contributed by atoms with Crippen molar-refractivity contribution in [3.8, 4) is 0 Å². The van der Waals surface area contributed by atoms with Gasteiger partial charge in [0.2, 0.25) is 11.8 Å². The average Bonchev–Trinajstić information content (AvgIpc) is 2.71. The van der Waals surface area contributed by atoms with Gasteiger partial charge in [-0.05, 0) is 37.0 Å². The third-order valence-corrected chi connectivity index (χ3v) is 4.53. The summed E-state index contributed by atoms with van der Waals surface area (Å²) >= 11 is 0. The number of ether oxygens (including phenoxy) is 1. The predicted octanol–water partition coefficient (Wildman–Crippen LogP) is 4.14. The number of benzene rings is 1. The number of carbonyl (C=O) groups is 3. The summed E-state index contributed by atoms with van der Waals surface area (Å²) in [4.78, 5) is 34.7. The van der Waals surface area contributed by atoms with E-state index in [2.05, 4.69) is 12.2 Å². The van der Waals surface area contributed by atoms with Crippen molar-refractivity contribution in [2.24, 2.45) is 0 Å². The van der Waals surface area contributed by atoms with Crippen molar-refractivity contribution in [1.82, 2.24) is 5.48 Å². The van der Waals surface area contributed by atoms with E-state index >= 15 is 0 Å². The number of carbonyl (C=O) groups excluding carboxylic acids is 3. The van der Waals surface area contributed by atoms with Crippen molar-refractivity contribution < 1.29 is 24.3 Å². The third-order valence-electron chi connectivity index (χ3n) is 4.53. The van der Waals surface area contributed by atoms with Crippen molar-refractivity contribution in [3.05, 3.63) is 29.8 Å². The monoisotopic (exact) mass is 406 g/mol. The highest BCUT2D eigenvalue weighted by atomic mass is 16.5.